The Hall–Kier alpha value is -0.920. The second kappa shape index (κ2) is 4.19. The van der Waals surface area contributed by atoms with Crippen LogP contribution in [0.5, 0.6) is 0 Å². The Morgan fingerprint density at radius 2 is 2.00 bits per heavy atom. The van der Waals surface area contributed by atoms with Crippen LogP contribution in [0.25, 0.3) is 0 Å². The van der Waals surface area contributed by atoms with Gasteiger partial charge >= 0.3 is 0 Å². The van der Waals surface area contributed by atoms with Crippen LogP contribution in [0, 0.1) is 0 Å². The first-order valence-electron chi connectivity index (χ1n) is 3.56. The van der Waals surface area contributed by atoms with Gasteiger partial charge in [-0.1, -0.05) is 28.1 Å². The van der Waals surface area contributed by atoms with Crippen LogP contribution in [0.1, 0.15) is 17.3 Å². The Balaban J connectivity index is 2.92. The van der Waals surface area contributed by atoms with E-state index in [1.807, 2.05) is 19.1 Å². The third-order valence-corrected chi connectivity index (χ3v) is 2.06. The molecule has 0 aliphatic heterocycles. The molecule has 0 spiro atoms. The Kier molecular flexibility index (Phi) is 3.20. The average Bonchev–Trinajstić information content (AvgIpc) is 2.06. The Morgan fingerprint density at radius 1 is 1.42 bits per heavy atom. The number of aliphatic imine (C=N–C) groups is 1. The Bertz CT molecular complexity index is 299. The van der Waals surface area contributed by atoms with Crippen LogP contribution in [0.2, 0.25) is 0 Å². The minimum atomic E-state index is 0.326. The quantitative estimate of drug-likeness (QED) is 0.432. The van der Waals surface area contributed by atoms with Gasteiger partial charge in [0, 0.05) is 4.83 Å². The molecular formula is C9H8BrNO. The minimum absolute atomic E-state index is 0.326. The van der Waals surface area contributed by atoms with Crippen LogP contribution in [-0.4, -0.2) is 6.08 Å². The van der Waals surface area contributed by atoms with Crippen LogP contribution < -0.4 is 0 Å². The van der Waals surface area contributed by atoms with Crippen LogP contribution in [-0.2, 0) is 4.79 Å². The molecule has 0 heterocycles. The van der Waals surface area contributed by atoms with Gasteiger partial charge in [-0.2, -0.15) is 4.99 Å². The van der Waals surface area contributed by atoms with Crippen LogP contribution >= 0.6 is 15.9 Å². The fourth-order valence-electron chi connectivity index (χ4n) is 0.867. The highest BCUT2D eigenvalue weighted by Crippen LogP contribution is 2.23. The van der Waals surface area contributed by atoms with Crippen LogP contribution in [0.15, 0.2) is 29.3 Å². The number of alkyl halides is 1. The van der Waals surface area contributed by atoms with Crippen molar-refractivity contribution in [2.24, 2.45) is 4.99 Å². The first-order chi connectivity index (χ1) is 5.74. The molecule has 0 amide bonds. The second-order valence-electron chi connectivity index (χ2n) is 2.41. The normalized spacial score (nSPS) is 11.8. The topological polar surface area (TPSA) is 29.4 Å². The molecule has 1 aromatic carbocycles. The van der Waals surface area contributed by atoms with Crippen molar-refractivity contribution >= 4 is 27.7 Å². The molecule has 0 fully saturated rings. The van der Waals surface area contributed by atoms with Crippen LogP contribution in [0.3, 0.4) is 0 Å². The molecule has 0 aliphatic rings. The van der Waals surface area contributed by atoms with Crippen molar-refractivity contribution in [3.63, 3.8) is 0 Å². The van der Waals surface area contributed by atoms with Crippen molar-refractivity contribution in [2.45, 2.75) is 11.8 Å². The van der Waals surface area contributed by atoms with E-state index in [0.29, 0.717) is 10.5 Å². The standard InChI is InChI=1S/C9H8BrNO/c1-7(10)8-2-4-9(5-3-8)11-6-12/h2-5,7H,1H3. The molecule has 1 aromatic rings. The van der Waals surface area contributed by atoms with Gasteiger partial charge in [-0.25, -0.2) is 4.79 Å². The largest absolute Gasteiger partial charge is 0.240 e. The first kappa shape index (κ1) is 9.17. The lowest BCUT2D eigenvalue weighted by Gasteiger charge is -2.01. The predicted molar refractivity (Wildman–Crippen MR) is 51.6 cm³/mol. The first-order valence-corrected chi connectivity index (χ1v) is 4.47. The van der Waals surface area contributed by atoms with Gasteiger partial charge in [0.2, 0.25) is 6.08 Å². The molecule has 0 aromatic heterocycles. The zero-order chi connectivity index (χ0) is 8.97. The highest BCUT2D eigenvalue weighted by Gasteiger charge is 1.98. The van der Waals surface area contributed by atoms with Crippen molar-refractivity contribution < 1.29 is 4.79 Å². The lowest BCUT2D eigenvalue weighted by atomic mass is 10.1. The SMILES string of the molecule is CC(Br)c1ccc(N=C=O)cc1. The molecule has 0 saturated heterocycles. The summed E-state index contributed by atoms with van der Waals surface area (Å²) < 4.78 is 0. The van der Waals surface area contributed by atoms with E-state index in [-0.39, 0.29) is 0 Å². The van der Waals surface area contributed by atoms with E-state index in [1.54, 1.807) is 12.1 Å². The number of halogens is 1. The molecule has 0 N–H and O–H groups in total. The van der Waals surface area contributed by atoms with Gasteiger partial charge in [0.1, 0.15) is 0 Å². The Labute approximate surface area is 79.5 Å². The monoisotopic (exact) mass is 225 g/mol. The Morgan fingerprint density at radius 3 is 2.42 bits per heavy atom. The molecule has 0 radical (unpaired) electrons. The highest BCUT2D eigenvalue weighted by atomic mass is 79.9. The van der Waals surface area contributed by atoms with Crippen molar-refractivity contribution in [3.05, 3.63) is 29.8 Å². The maximum atomic E-state index is 9.89. The zero-order valence-electron chi connectivity index (χ0n) is 6.62. The van der Waals surface area contributed by atoms with E-state index in [0.717, 1.165) is 0 Å². The zero-order valence-corrected chi connectivity index (χ0v) is 8.21. The van der Waals surface area contributed by atoms with Crippen molar-refractivity contribution in [1.29, 1.82) is 0 Å². The summed E-state index contributed by atoms with van der Waals surface area (Å²) in [6, 6.07) is 7.43. The lowest BCUT2D eigenvalue weighted by molar-refractivity contribution is 0.565. The number of carbonyl (C=O) groups excluding carboxylic acids is 1. The summed E-state index contributed by atoms with van der Waals surface area (Å²) in [5, 5.41) is 0. The number of benzene rings is 1. The molecule has 1 atom stereocenters. The number of hydrogen-bond donors (Lipinski definition) is 0. The van der Waals surface area contributed by atoms with E-state index in [1.165, 1.54) is 11.6 Å². The predicted octanol–water partition coefficient (Wildman–Crippen LogP) is 3.11. The fourth-order valence-corrected chi connectivity index (χ4v) is 1.17. The van der Waals surface area contributed by atoms with Gasteiger partial charge in [-0.15, -0.1) is 0 Å². The summed E-state index contributed by atoms with van der Waals surface area (Å²) >= 11 is 3.44. The molecule has 3 heteroatoms. The maximum absolute atomic E-state index is 9.89. The minimum Gasteiger partial charge on any atom is -0.211 e. The van der Waals surface area contributed by atoms with Gasteiger partial charge in [0.25, 0.3) is 0 Å². The third-order valence-electron chi connectivity index (χ3n) is 1.53. The van der Waals surface area contributed by atoms with E-state index in [9.17, 15) is 4.79 Å². The number of isocyanates is 1. The van der Waals surface area contributed by atoms with Crippen molar-refractivity contribution in [1.82, 2.24) is 0 Å². The van der Waals surface area contributed by atoms with Gasteiger partial charge < -0.3 is 0 Å². The summed E-state index contributed by atoms with van der Waals surface area (Å²) in [5.41, 5.74) is 1.81. The highest BCUT2D eigenvalue weighted by molar-refractivity contribution is 9.09. The van der Waals surface area contributed by atoms with Crippen molar-refractivity contribution in [2.75, 3.05) is 0 Å². The van der Waals surface area contributed by atoms with Gasteiger partial charge in [-0.05, 0) is 24.6 Å². The van der Waals surface area contributed by atoms with E-state index in [4.69, 9.17) is 0 Å². The molecule has 0 bridgehead atoms. The summed E-state index contributed by atoms with van der Waals surface area (Å²) in [6.45, 7) is 2.04. The molecule has 12 heavy (non-hydrogen) atoms. The number of rotatable bonds is 2. The molecule has 62 valence electrons. The van der Waals surface area contributed by atoms with Gasteiger partial charge in [-0.3, -0.25) is 0 Å². The summed E-state index contributed by atoms with van der Waals surface area (Å²) in [7, 11) is 0. The molecule has 1 unspecified atom stereocenters. The summed E-state index contributed by atoms with van der Waals surface area (Å²) in [4.78, 5) is 13.7. The third kappa shape index (κ3) is 2.29. The van der Waals surface area contributed by atoms with Crippen LogP contribution in [0.4, 0.5) is 5.69 Å². The van der Waals surface area contributed by atoms with E-state index in [2.05, 4.69) is 20.9 Å². The molecule has 1 rings (SSSR count). The fraction of sp³-hybridized carbons (Fsp3) is 0.222. The molecule has 0 aliphatic carbocycles. The van der Waals surface area contributed by atoms with E-state index >= 15 is 0 Å². The number of nitrogens with zero attached hydrogens (tertiary/aromatic N) is 1. The molecular weight excluding hydrogens is 218 g/mol. The van der Waals surface area contributed by atoms with Gasteiger partial charge in [0.15, 0.2) is 0 Å². The maximum Gasteiger partial charge on any atom is 0.240 e. The van der Waals surface area contributed by atoms with Crippen molar-refractivity contribution in [3.8, 4) is 0 Å². The molecule has 2 nitrogen and oxygen atoms in total. The lowest BCUT2D eigenvalue weighted by Crippen LogP contribution is -1.80. The summed E-state index contributed by atoms with van der Waals surface area (Å²) in [6.07, 6.45) is 1.50. The summed E-state index contributed by atoms with van der Waals surface area (Å²) in [5.74, 6) is 0. The molecule has 0 saturated carbocycles. The van der Waals surface area contributed by atoms with Gasteiger partial charge in [0.05, 0.1) is 5.69 Å². The second-order valence-corrected chi connectivity index (χ2v) is 3.78. The van der Waals surface area contributed by atoms with E-state index < -0.39 is 0 Å². The number of hydrogen-bond acceptors (Lipinski definition) is 2. The average molecular weight is 226 g/mol. The smallest absolute Gasteiger partial charge is 0.211 e.